The molecule has 0 spiro atoms. The number of hydrogen-bond donors (Lipinski definition) is 0. The zero-order valence-corrected chi connectivity index (χ0v) is 12.5. The molecule has 2 aromatic rings. The predicted octanol–water partition coefficient (Wildman–Crippen LogP) is 3.20. The van der Waals surface area contributed by atoms with Gasteiger partial charge in [0.15, 0.2) is 5.82 Å². The number of rotatable bonds is 4. The first-order valence-corrected chi connectivity index (χ1v) is 7.43. The molecule has 0 bridgehead atoms. The number of halogens is 1. The standard InChI is InChI=1S/C15H16ClN3O2/c1-2-3-13-17-15(21-18-13)10-8-14(20)19(9-10)12-6-4-11(16)5-7-12/h4-7,10H,2-3,8-9H2,1H3. The molecule has 1 aliphatic rings. The van der Waals surface area contributed by atoms with Gasteiger partial charge in [-0.05, 0) is 30.7 Å². The number of aryl methyl sites for hydroxylation is 1. The van der Waals surface area contributed by atoms with E-state index in [2.05, 4.69) is 17.1 Å². The number of aromatic nitrogens is 2. The Bertz CT molecular complexity index is 639. The van der Waals surface area contributed by atoms with Crippen LogP contribution in [0.2, 0.25) is 5.02 Å². The fraction of sp³-hybridized carbons (Fsp3) is 0.400. The SMILES string of the molecule is CCCc1noc(C2CC(=O)N(c3ccc(Cl)cc3)C2)n1. The summed E-state index contributed by atoms with van der Waals surface area (Å²) >= 11 is 5.88. The summed E-state index contributed by atoms with van der Waals surface area (Å²) in [6.45, 7) is 2.63. The first kappa shape index (κ1) is 14.1. The number of carbonyl (C=O) groups is 1. The van der Waals surface area contributed by atoms with E-state index in [9.17, 15) is 4.79 Å². The molecule has 2 heterocycles. The molecule has 110 valence electrons. The molecule has 6 heteroatoms. The molecular weight excluding hydrogens is 290 g/mol. The summed E-state index contributed by atoms with van der Waals surface area (Å²) in [6, 6.07) is 7.25. The number of nitrogens with zero attached hydrogens (tertiary/aromatic N) is 3. The molecule has 1 aromatic heterocycles. The van der Waals surface area contributed by atoms with Crippen LogP contribution < -0.4 is 4.90 Å². The van der Waals surface area contributed by atoms with E-state index in [1.807, 2.05) is 12.1 Å². The van der Waals surface area contributed by atoms with Gasteiger partial charge in [0.25, 0.3) is 0 Å². The molecule has 1 aromatic carbocycles. The van der Waals surface area contributed by atoms with Crippen LogP contribution in [0, 0.1) is 0 Å². The maximum absolute atomic E-state index is 12.2. The van der Waals surface area contributed by atoms with Crippen LogP contribution in [0.5, 0.6) is 0 Å². The van der Waals surface area contributed by atoms with Crippen molar-refractivity contribution in [2.45, 2.75) is 32.1 Å². The van der Waals surface area contributed by atoms with Crippen LogP contribution in [0.15, 0.2) is 28.8 Å². The molecule has 0 saturated carbocycles. The minimum absolute atomic E-state index is 0.0358. The summed E-state index contributed by atoms with van der Waals surface area (Å²) in [7, 11) is 0. The highest BCUT2D eigenvalue weighted by atomic mass is 35.5. The van der Waals surface area contributed by atoms with Crippen molar-refractivity contribution in [2.24, 2.45) is 0 Å². The quantitative estimate of drug-likeness (QED) is 0.870. The van der Waals surface area contributed by atoms with Crippen LogP contribution >= 0.6 is 11.6 Å². The summed E-state index contributed by atoms with van der Waals surface area (Å²) < 4.78 is 5.29. The monoisotopic (exact) mass is 305 g/mol. The average Bonchev–Trinajstić information content (AvgIpc) is 3.07. The number of hydrogen-bond acceptors (Lipinski definition) is 4. The Morgan fingerprint density at radius 3 is 2.86 bits per heavy atom. The van der Waals surface area contributed by atoms with E-state index in [0.717, 1.165) is 18.5 Å². The highest BCUT2D eigenvalue weighted by Gasteiger charge is 2.35. The molecule has 1 atom stereocenters. The summed E-state index contributed by atoms with van der Waals surface area (Å²) in [5.41, 5.74) is 0.847. The summed E-state index contributed by atoms with van der Waals surface area (Å²) in [5, 5.41) is 4.61. The van der Waals surface area contributed by atoms with E-state index in [1.165, 1.54) is 0 Å². The number of amides is 1. The van der Waals surface area contributed by atoms with E-state index in [0.29, 0.717) is 29.7 Å². The van der Waals surface area contributed by atoms with E-state index in [4.69, 9.17) is 16.1 Å². The highest BCUT2D eigenvalue weighted by molar-refractivity contribution is 6.30. The van der Waals surface area contributed by atoms with Crippen molar-refractivity contribution in [3.63, 3.8) is 0 Å². The minimum atomic E-state index is -0.0358. The van der Waals surface area contributed by atoms with E-state index in [-0.39, 0.29) is 11.8 Å². The van der Waals surface area contributed by atoms with Gasteiger partial charge in [0.1, 0.15) is 0 Å². The van der Waals surface area contributed by atoms with Crippen molar-refractivity contribution in [2.75, 3.05) is 11.4 Å². The molecule has 0 N–H and O–H groups in total. The topological polar surface area (TPSA) is 59.2 Å². The van der Waals surface area contributed by atoms with Gasteiger partial charge in [-0.2, -0.15) is 4.98 Å². The Balaban J connectivity index is 1.75. The van der Waals surface area contributed by atoms with Gasteiger partial charge in [0.2, 0.25) is 11.8 Å². The van der Waals surface area contributed by atoms with Gasteiger partial charge in [0, 0.05) is 30.1 Å². The molecule has 1 unspecified atom stereocenters. The summed E-state index contributed by atoms with van der Waals surface area (Å²) in [5.74, 6) is 1.30. The Morgan fingerprint density at radius 1 is 1.38 bits per heavy atom. The third kappa shape index (κ3) is 2.93. The molecule has 0 aliphatic carbocycles. The Hall–Kier alpha value is -1.88. The maximum Gasteiger partial charge on any atom is 0.232 e. The second-order valence-electron chi connectivity index (χ2n) is 5.18. The van der Waals surface area contributed by atoms with Crippen molar-refractivity contribution in [3.8, 4) is 0 Å². The van der Waals surface area contributed by atoms with Gasteiger partial charge in [0.05, 0.1) is 5.92 Å². The first-order valence-electron chi connectivity index (χ1n) is 7.05. The Labute approximate surface area is 127 Å². The molecule has 21 heavy (non-hydrogen) atoms. The van der Waals surface area contributed by atoms with Crippen molar-refractivity contribution < 1.29 is 9.32 Å². The first-order chi connectivity index (χ1) is 10.2. The Kier molecular flexibility index (Phi) is 3.92. The molecular formula is C15H16ClN3O2. The third-order valence-electron chi connectivity index (χ3n) is 3.57. The second-order valence-corrected chi connectivity index (χ2v) is 5.62. The van der Waals surface area contributed by atoms with Crippen LogP contribution in [-0.2, 0) is 11.2 Å². The van der Waals surface area contributed by atoms with Gasteiger partial charge in [-0.25, -0.2) is 0 Å². The van der Waals surface area contributed by atoms with Crippen LogP contribution in [0.1, 0.15) is 37.4 Å². The number of carbonyl (C=O) groups excluding carboxylic acids is 1. The Morgan fingerprint density at radius 2 is 2.14 bits per heavy atom. The van der Waals surface area contributed by atoms with Gasteiger partial charge >= 0.3 is 0 Å². The third-order valence-corrected chi connectivity index (χ3v) is 3.82. The van der Waals surface area contributed by atoms with Crippen molar-refractivity contribution in [1.82, 2.24) is 10.1 Å². The zero-order valence-electron chi connectivity index (χ0n) is 11.8. The highest BCUT2D eigenvalue weighted by Crippen LogP contribution is 2.31. The van der Waals surface area contributed by atoms with Gasteiger partial charge in [-0.1, -0.05) is 23.7 Å². The van der Waals surface area contributed by atoms with E-state index >= 15 is 0 Å². The largest absolute Gasteiger partial charge is 0.339 e. The zero-order chi connectivity index (χ0) is 14.8. The summed E-state index contributed by atoms with van der Waals surface area (Å²) in [4.78, 5) is 18.3. The fourth-order valence-electron chi connectivity index (χ4n) is 2.50. The van der Waals surface area contributed by atoms with Crippen molar-refractivity contribution >= 4 is 23.2 Å². The number of benzene rings is 1. The maximum atomic E-state index is 12.2. The van der Waals surface area contributed by atoms with Crippen LogP contribution in [-0.4, -0.2) is 22.6 Å². The molecule has 1 fully saturated rings. The lowest BCUT2D eigenvalue weighted by Crippen LogP contribution is -2.24. The normalized spacial score (nSPS) is 18.5. The summed E-state index contributed by atoms with van der Waals surface area (Å²) in [6.07, 6.45) is 2.17. The van der Waals surface area contributed by atoms with Crippen LogP contribution in [0.4, 0.5) is 5.69 Å². The van der Waals surface area contributed by atoms with Crippen LogP contribution in [0.3, 0.4) is 0 Å². The molecule has 0 radical (unpaired) electrons. The van der Waals surface area contributed by atoms with Gasteiger partial charge < -0.3 is 9.42 Å². The predicted molar refractivity (Wildman–Crippen MR) is 79.5 cm³/mol. The molecule has 1 aliphatic heterocycles. The molecule has 1 saturated heterocycles. The fourth-order valence-corrected chi connectivity index (χ4v) is 2.63. The second kappa shape index (κ2) is 5.85. The average molecular weight is 306 g/mol. The van der Waals surface area contributed by atoms with Crippen LogP contribution in [0.25, 0.3) is 0 Å². The molecule has 1 amide bonds. The van der Waals surface area contributed by atoms with Crippen molar-refractivity contribution in [3.05, 3.63) is 41.0 Å². The van der Waals surface area contributed by atoms with Gasteiger partial charge in [-0.15, -0.1) is 0 Å². The lowest BCUT2D eigenvalue weighted by molar-refractivity contribution is -0.117. The molecule has 3 rings (SSSR count). The van der Waals surface area contributed by atoms with E-state index < -0.39 is 0 Å². The van der Waals surface area contributed by atoms with Crippen molar-refractivity contribution in [1.29, 1.82) is 0 Å². The lowest BCUT2D eigenvalue weighted by Gasteiger charge is -2.15. The lowest BCUT2D eigenvalue weighted by atomic mass is 10.1. The van der Waals surface area contributed by atoms with E-state index in [1.54, 1.807) is 17.0 Å². The smallest absolute Gasteiger partial charge is 0.232 e. The van der Waals surface area contributed by atoms with Gasteiger partial charge in [-0.3, -0.25) is 4.79 Å². The molecule has 5 nitrogen and oxygen atoms in total. The number of anilines is 1. The minimum Gasteiger partial charge on any atom is -0.339 e.